The lowest BCUT2D eigenvalue weighted by Crippen LogP contribution is -2.46. The highest BCUT2D eigenvalue weighted by Gasteiger charge is 2.47. The molecule has 0 aromatic rings. The summed E-state index contributed by atoms with van der Waals surface area (Å²) in [6.45, 7) is 6.29. The molecule has 0 radical (unpaired) electrons. The lowest BCUT2D eigenvalue weighted by molar-refractivity contribution is -0.198. The zero-order valence-corrected chi connectivity index (χ0v) is 12.6. The molecule has 1 aliphatic heterocycles. The van der Waals surface area contributed by atoms with Crippen molar-refractivity contribution in [3.8, 4) is 0 Å². The number of rotatable bonds is 6. The molecule has 1 unspecified atom stereocenters. The zero-order chi connectivity index (χ0) is 16.4. The number of carbonyl (C=O) groups excluding carboxylic acids is 3. The van der Waals surface area contributed by atoms with Crippen molar-refractivity contribution in [3.63, 3.8) is 0 Å². The number of hydroxylamine groups is 2. The maximum atomic E-state index is 12.0. The van der Waals surface area contributed by atoms with Gasteiger partial charge in [-0.1, -0.05) is 19.9 Å². The largest absolute Gasteiger partial charge is 0.354 e. The van der Waals surface area contributed by atoms with Crippen LogP contribution in [0.3, 0.4) is 0 Å². The Morgan fingerprint density at radius 2 is 1.90 bits per heavy atom. The normalized spacial score (nSPS) is 17.8. The number of nitrogens with zero attached hydrogens (tertiary/aromatic N) is 1. The van der Waals surface area contributed by atoms with Gasteiger partial charge in [-0.2, -0.15) is 8.42 Å². The van der Waals surface area contributed by atoms with Crippen molar-refractivity contribution in [3.05, 3.63) is 12.7 Å². The summed E-state index contributed by atoms with van der Waals surface area (Å²) >= 11 is 0. The van der Waals surface area contributed by atoms with Crippen molar-refractivity contribution in [2.75, 3.05) is 0 Å². The molecule has 1 aliphatic rings. The summed E-state index contributed by atoms with van der Waals surface area (Å²) in [4.78, 5) is 39.3. The third-order valence-electron chi connectivity index (χ3n) is 3.08. The van der Waals surface area contributed by atoms with Crippen LogP contribution < -0.4 is 0 Å². The molecule has 1 fully saturated rings. The van der Waals surface area contributed by atoms with Gasteiger partial charge in [-0.3, -0.25) is 14.1 Å². The third kappa shape index (κ3) is 3.88. The quantitative estimate of drug-likeness (QED) is 0.429. The van der Waals surface area contributed by atoms with Crippen LogP contribution in [-0.2, 0) is 29.3 Å². The van der Waals surface area contributed by atoms with Gasteiger partial charge in [-0.25, -0.2) is 4.79 Å². The molecule has 1 saturated heterocycles. The first kappa shape index (κ1) is 17.3. The van der Waals surface area contributed by atoms with Gasteiger partial charge in [0.05, 0.1) is 0 Å². The van der Waals surface area contributed by atoms with Gasteiger partial charge in [0.15, 0.2) is 5.25 Å². The second kappa shape index (κ2) is 5.94. The van der Waals surface area contributed by atoms with Crippen molar-refractivity contribution in [2.45, 2.75) is 38.4 Å². The SMILES string of the molecule is C=CCC(C)(C)C(C(=O)ON1C(=O)CCC1=O)S(=O)(=O)O. The highest BCUT2D eigenvalue weighted by atomic mass is 32.2. The predicted molar refractivity (Wildman–Crippen MR) is 71.1 cm³/mol. The first-order chi connectivity index (χ1) is 9.50. The molecule has 0 aliphatic carbocycles. The molecular weight excluding hydrogens is 302 g/mol. The van der Waals surface area contributed by atoms with Crippen molar-refractivity contribution in [1.82, 2.24) is 5.06 Å². The first-order valence-corrected chi connectivity index (χ1v) is 7.66. The van der Waals surface area contributed by atoms with Crippen LogP contribution >= 0.6 is 0 Å². The number of imide groups is 1. The van der Waals surface area contributed by atoms with Gasteiger partial charge in [0.1, 0.15) is 0 Å². The molecule has 1 N–H and O–H groups in total. The summed E-state index contributed by atoms with van der Waals surface area (Å²) in [6, 6.07) is 0. The monoisotopic (exact) mass is 319 g/mol. The van der Waals surface area contributed by atoms with Crippen LogP contribution in [0.15, 0.2) is 12.7 Å². The molecule has 1 atom stereocenters. The lowest BCUT2D eigenvalue weighted by atomic mass is 9.85. The van der Waals surface area contributed by atoms with Gasteiger partial charge in [-0.15, -0.1) is 11.6 Å². The topological polar surface area (TPSA) is 118 Å². The minimum Gasteiger partial charge on any atom is -0.329 e. The number of carbonyl (C=O) groups is 3. The van der Waals surface area contributed by atoms with Crippen molar-refractivity contribution < 1.29 is 32.2 Å². The van der Waals surface area contributed by atoms with E-state index in [1.54, 1.807) is 0 Å². The van der Waals surface area contributed by atoms with E-state index in [9.17, 15) is 27.4 Å². The maximum Gasteiger partial charge on any atom is 0.354 e. The smallest absolute Gasteiger partial charge is 0.329 e. The van der Waals surface area contributed by atoms with E-state index in [0.29, 0.717) is 0 Å². The van der Waals surface area contributed by atoms with Crippen LogP contribution in [0.1, 0.15) is 33.1 Å². The second-order valence-electron chi connectivity index (χ2n) is 5.37. The van der Waals surface area contributed by atoms with E-state index in [-0.39, 0.29) is 24.3 Å². The van der Waals surface area contributed by atoms with E-state index in [4.69, 9.17) is 0 Å². The van der Waals surface area contributed by atoms with Gasteiger partial charge in [0, 0.05) is 12.8 Å². The summed E-state index contributed by atoms with van der Waals surface area (Å²) in [5.74, 6) is -2.85. The highest BCUT2D eigenvalue weighted by Crippen LogP contribution is 2.32. The van der Waals surface area contributed by atoms with Crippen LogP contribution in [-0.4, -0.2) is 41.1 Å². The summed E-state index contributed by atoms with van der Waals surface area (Å²) in [6.07, 6.45) is 1.25. The summed E-state index contributed by atoms with van der Waals surface area (Å²) < 4.78 is 32.2. The molecule has 9 heteroatoms. The summed E-state index contributed by atoms with van der Waals surface area (Å²) in [5, 5.41) is -1.70. The Labute approximate surface area is 122 Å². The minimum absolute atomic E-state index is 0.0917. The van der Waals surface area contributed by atoms with Crippen molar-refractivity contribution in [2.24, 2.45) is 5.41 Å². The lowest BCUT2D eigenvalue weighted by Gasteiger charge is -2.29. The maximum absolute atomic E-state index is 12.0. The Balaban J connectivity index is 3.05. The van der Waals surface area contributed by atoms with Gasteiger partial charge in [-0.05, 0) is 11.8 Å². The molecule has 21 heavy (non-hydrogen) atoms. The van der Waals surface area contributed by atoms with Gasteiger partial charge < -0.3 is 4.84 Å². The molecule has 1 heterocycles. The number of amides is 2. The van der Waals surface area contributed by atoms with Gasteiger partial charge in [0.2, 0.25) is 0 Å². The molecule has 2 amide bonds. The first-order valence-electron chi connectivity index (χ1n) is 6.15. The molecular formula is C12H17NO7S. The van der Waals surface area contributed by atoms with Gasteiger partial charge in [0.25, 0.3) is 21.9 Å². The summed E-state index contributed by atoms with van der Waals surface area (Å²) in [7, 11) is -4.79. The molecule has 0 aromatic carbocycles. The highest BCUT2D eigenvalue weighted by molar-refractivity contribution is 7.87. The Morgan fingerprint density at radius 3 is 2.29 bits per heavy atom. The van der Waals surface area contributed by atoms with Crippen LogP contribution in [0, 0.1) is 5.41 Å². The third-order valence-corrected chi connectivity index (χ3v) is 4.51. The fourth-order valence-corrected chi connectivity index (χ4v) is 3.31. The van der Waals surface area contributed by atoms with Gasteiger partial charge >= 0.3 is 5.97 Å². The van der Waals surface area contributed by atoms with E-state index in [1.807, 2.05) is 0 Å². The van der Waals surface area contributed by atoms with Crippen LogP contribution in [0.4, 0.5) is 0 Å². The Morgan fingerprint density at radius 1 is 1.43 bits per heavy atom. The average Bonchev–Trinajstić information content (AvgIpc) is 2.58. The Hall–Kier alpha value is -1.74. The molecule has 0 bridgehead atoms. The second-order valence-corrected chi connectivity index (χ2v) is 6.87. The molecule has 0 spiro atoms. The zero-order valence-electron chi connectivity index (χ0n) is 11.7. The summed E-state index contributed by atoms with van der Waals surface area (Å²) in [5.41, 5.74) is -1.22. The standard InChI is InChI=1S/C12H17NO7S/c1-4-7-12(2,3)10(21(17,18)19)11(16)20-13-8(14)5-6-9(13)15/h4,10H,1,5-7H2,2-3H3,(H,17,18,19). The van der Waals surface area contributed by atoms with E-state index in [0.717, 1.165) is 0 Å². The van der Waals surface area contributed by atoms with E-state index < -0.39 is 38.6 Å². The van der Waals surface area contributed by atoms with E-state index in [1.165, 1.54) is 19.9 Å². The number of hydrogen-bond donors (Lipinski definition) is 1. The van der Waals surface area contributed by atoms with Crippen LogP contribution in [0.2, 0.25) is 0 Å². The fourth-order valence-electron chi connectivity index (χ4n) is 2.12. The average molecular weight is 319 g/mol. The molecule has 8 nitrogen and oxygen atoms in total. The number of allylic oxidation sites excluding steroid dienone is 1. The van der Waals surface area contributed by atoms with Crippen molar-refractivity contribution >= 4 is 27.9 Å². The molecule has 0 aromatic heterocycles. The predicted octanol–water partition coefficient (Wildman–Crippen LogP) is 0.452. The van der Waals surface area contributed by atoms with E-state index in [2.05, 4.69) is 11.4 Å². The minimum atomic E-state index is -4.79. The van der Waals surface area contributed by atoms with Crippen molar-refractivity contribution in [1.29, 1.82) is 0 Å². The van der Waals surface area contributed by atoms with Crippen LogP contribution in [0.25, 0.3) is 0 Å². The number of hydrogen-bond acceptors (Lipinski definition) is 6. The molecule has 0 saturated carbocycles. The van der Waals surface area contributed by atoms with Crippen LogP contribution in [0.5, 0.6) is 0 Å². The Kier molecular flexibility index (Phi) is 4.90. The molecule has 118 valence electrons. The molecule has 1 rings (SSSR count). The Bertz CT molecular complexity index is 562. The fraction of sp³-hybridized carbons (Fsp3) is 0.583. The van der Waals surface area contributed by atoms with E-state index >= 15 is 0 Å².